The molecule has 1 aromatic rings. The van der Waals surface area contributed by atoms with E-state index in [1.165, 1.54) is 12.1 Å². The molecule has 0 unspecified atom stereocenters. The molecule has 0 amide bonds. The lowest BCUT2D eigenvalue weighted by atomic mass is 9.97. The molecule has 0 radical (unpaired) electrons. The molecule has 0 aliphatic carbocycles. The molecule has 0 bridgehead atoms. The van der Waals surface area contributed by atoms with E-state index in [0.717, 1.165) is 0 Å². The van der Waals surface area contributed by atoms with E-state index in [-0.39, 0.29) is 0 Å². The smallest absolute Gasteiger partial charge is 0.198 e. The number of halogens is 4. The van der Waals surface area contributed by atoms with Crippen LogP contribution in [0.2, 0.25) is 0 Å². The van der Waals surface area contributed by atoms with Gasteiger partial charge in [-0.1, -0.05) is 28.1 Å². The van der Waals surface area contributed by atoms with Crippen molar-refractivity contribution in [1.82, 2.24) is 0 Å². The molecule has 1 nitrogen and oxygen atoms in total. The summed E-state index contributed by atoms with van der Waals surface area (Å²) in [6.45, 7) is 0. The number of hydrogen-bond acceptors (Lipinski definition) is 1. The molecule has 0 aromatic heterocycles. The Morgan fingerprint density at radius 1 is 1.40 bits per heavy atom. The molecule has 1 aromatic carbocycles. The van der Waals surface area contributed by atoms with Gasteiger partial charge in [-0.3, -0.25) is 0 Å². The minimum Gasteiger partial charge on any atom is -0.198 e. The van der Waals surface area contributed by atoms with Crippen LogP contribution in [0, 0.1) is 11.3 Å². The first-order valence-corrected chi connectivity index (χ1v) is 4.93. The molecular formula is C10H7BrF3N. The van der Waals surface area contributed by atoms with Crippen molar-refractivity contribution in [2.24, 2.45) is 0 Å². The predicted octanol–water partition coefficient (Wildman–Crippen LogP) is 4.01. The number of nitrogens with zero attached hydrogens (tertiary/aromatic N) is 1. The zero-order valence-corrected chi connectivity index (χ0v) is 9.14. The summed E-state index contributed by atoms with van der Waals surface area (Å²) >= 11 is 3.15. The van der Waals surface area contributed by atoms with Gasteiger partial charge in [-0.15, -0.1) is 0 Å². The molecule has 15 heavy (non-hydrogen) atoms. The first kappa shape index (κ1) is 12.1. The van der Waals surface area contributed by atoms with Gasteiger partial charge in [0.15, 0.2) is 0 Å². The molecule has 1 rings (SSSR count). The summed E-state index contributed by atoms with van der Waals surface area (Å²) in [5.41, 5.74) is 0.379. The fraction of sp³-hybridized carbons (Fsp3) is 0.300. The second kappa shape index (κ2) is 4.67. The van der Waals surface area contributed by atoms with Gasteiger partial charge >= 0.3 is 6.18 Å². The van der Waals surface area contributed by atoms with Crippen LogP contribution in [-0.2, 0) is 0 Å². The maximum Gasteiger partial charge on any atom is 0.390 e. The van der Waals surface area contributed by atoms with Gasteiger partial charge in [-0.05, 0) is 17.7 Å². The Labute approximate surface area is 93.6 Å². The molecular weight excluding hydrogens is 271 g/mol. The monoisotopic (exact) mass is 277 g/mol. The van der Waals surface area contributed by atoms with Gasteiger partial charge in [0.25, 0.3) is 0 Å². The highest BCUT2D eigenvalue weighted by molar-refractivity contribution is 9.10. The zero-order chi connectivity index (χ0) is 11.5. The van der Waals surface area contributed by atoms with Crippen LogP contribution in [-0.4, -0.2) is 6.18 Å². The standard InChI is InChI=1S/C10H7BrF3N/c11-9-3-1-2-7(4-9)8(6-15)5-10(12,13)14/h1-4,8H,5H2/t8-/m0/s1. The number of nitriles is 1. The summed E-state index contributed by atoms with van der Waals surface area (Å²) in [5, 5.41) is 8.67. The van der Waals surface area contributed by atoms with Crippen LogP contribution in [0.1, 0.15) is 17.9 Å². The van der Waals surface area contributed by atoms with Crippen molar-refractivity contribution in [3.05, 3.63) is 34.3 Å². The number of rotatable bonds is 2. The van der Waals surface area contributed by atoms with E-state index in [1.54, 1.807) is 18.2 Å². The highest BCUT2D eigenvalue weighted by Crippen LogP contribution is 2.31. The molecule has 0 N–H and O–H groups in total. The fourth-order valence-electron chi connectivity index (χ4n) is 1.19. The van der Waals surface area contributed by atoms with Crippen molar-refractivity contribution in [2.45, 2.75) is 18.5 Å². The minimum absolute atomic E-state index is 0.379. The van der Waals surface area contributed by atoms with E-state index < -0.39 is 18.5 Å². The van der Waals surface area contributed by atoms with E-state index in [0.29, 0.717) is 10.0 Å². The summed E-state index contributed by atoms with van der Waals surface area (Å²) in [4.78, 5) is 0. The average molecular weight is 278 g/mol. The Kier molecular flexibility index (Phi) is 3.75. The topological polar surface area (TPSA) is 23.8 Å². The van der Waals surface area contributed by atoms with Gasteiger partial charge in [0, 0.05) is 4.47 Å². The van der Waals surface area contributed by atoms with Gasteiger partial charge in [-0.2, -0.15) is 18.4 Å². The molecule has 5 heteroatoms. The SMILES string of the molecule is N#C[C@H](CC(F)(F)F)c1cccc(Br)c1. The number of hydrogen-bond donors (Lipinski definition) is 0. The van der Waals surface area contributed by atoms with Gasteiger partial charge in [0.2, 0.25) is 0 Å². The van der Waals surface area contributed by atoms with Crippen LogP contribution in [0.4, 0.5) is 13.2 Å². The van der Waals surface area contributed by atoms with Crippen molar-refractivity contribution in [2.75, 3.05) is 0 Å². The lowest BCUT2D eigenvalue weighted by molar-refractivity contribution is -0.136. The largest absolute Gasteiger partial charge is 0.390 e. The highest BCUT2D eigenvalue weighted by atomic mass is 79.9. The highest BCUT2D eigenvalue weighted by Gasteiger charge is 2.32. The van der Waals surface area contributed by atoms with Gasteiger partial charge in [0.1, 0.15) is 0 Å². The quantitative estimate of drug-likeness (QED) is 0.801. The molecule has 0 saturated heterocycles. The summed E-state index contributed by atoms with van der Waals surface area (Å²) in [6.07, 6.45) is -5.43. The van der Waals surface area contributed by atoms with Crippen LogP contribution in [0.5, 0.6) is 0 Å². The van der Waals surface area contributed by atoms with Crippen LogP contribution < -0.4 is 0 Å². The van der Waals surface area contributed by atoms with Crippen LogP contribution in [0.15, 0.2) is 28.7 Å². The number of alkyl halides is 3. The lowest BCUT2D eigenvalue weighted by Gasteiger charge is -2.12. The Bertz CT molecular complexity index is 381. The van der Waals surface area contributed by atoms with Gasteiger partial charge in [0.05, 0.1) is 18.4 Å². The molecule has 0 saturated carbocycles. The van der Waals surface area contributed by atoms with E-state index in [4.69, 9.17) is 5.26 Å². The molecule has 0 aliphatic heterocycles. The first-order valence-electron chi connectivity index (χ1n) is 4.14. The van der Waals surface area contributed by atoms with E-state index in [2.05, 4.69) is 15.9 Å². The van der Waals surface area contributed by atoms with Crippen molar-refractivity contribution >= 4 is 15.9 Å². The van der Waals surface area contributed by atoms with E-state index in [9.17, 15) is 13.2 Å². The Morgan fingerprint density at radius 3 is 2.53 bits per heavy atom. The normalized spacial score (nSPS) is 13.3. The lowest BCUT2D eigenvalue weighted by Crippen LogP contribution is -2.12. The van der Waals surface area contributed by atoms with Crippen molar-refractivity contribution in [3.8, 4) is 6.07 Å². The second-order valence-electron chi connectivity index (χ2n) is 3.06. The Morgan fingerprint density at radius 2 is 2.07 bits per heavy atom. The van der Waals surface area contributed by atoms with Crippen molar-refractivity contribution in [1.29, 1.82) is 5.26 Å². The fourth-order valence-corrected chi connectivity index (χ4v) is 1.61. The summed E-state index contributed by atoms with van der Waals surface area (Å²) in [7, 11) is 0. The van der Waals surface area contributed by atoms with E-state index >= 15 is 0 Å². The third-order valence-electron chi connectivity index (χ3n) is 1.84. The van der Waals surface area contributed by atoms with Gasteiger partial charge in [-0.25, -0.2) is 0 Å². The summed E-state index contributed by atoms with van der Waals surface area (Å²) in [6, 6.07) is 8.02. The maximum absolute atomic E-state index is 12.1. The Balaban J connectivity index is 2.90. The van der Waals surface area contributed by atoms with Crippen LogP contribution in [0.25, 0.3) is 0 Å². The third-order valence-corrected chi connectivity index (χ3v) is 2.34. The third kappa shape index (κ3) is 3.92. The number of benzene rings is 1. The minimum atomic E-state index is -4.32. The van der Waals surface area contributed by atoms with Gasteiger partial charge < -0.3 is 0 Å². The molecule has 0 aliphatic rings. The molecule has 1 atom stereocenters. The van der Waals surface area contributed by atoms with Crippen LogP contribution in [0.3, 0.4) is 0 Å². The molecule has 0 heterocycles. The van der Waals surface area contributed by atoms with Crippen molar-refractivity contribution < 1.29 is 13.2 Å². The Hall–Kier alpha value is -1.02. The maximum atomic E-state index is 12.1. The first-order chi connectivity index (χ1) is 6.92. The van der Waals surface area contributed by atoms with Crippen molar-refractivity contribution in [3.63, 3.8) is 0 Å². The molecule has 0 fully saturated rings. The molecule has 80 valence electrons. The van der Waals surface area contributed by atoms with Crippen LogP contribution >= 0.6 is 15.9 Å². The van der Waals surface area contributed by atoms with E-state index in [1.807, 2.05) is 0 Å². The zero-order valence-electron chi connectivity index (χ0n) is 7.55. The average Bonchev–Trinajstić information content (AvgIpc) is 2.13. The second-order valence-corrected chi connectivity index (χ2v) is 3.97. The molecule has 0 spiro atoms. The summed E-state index contributed by atoms with van der Waals surface area (Å²) in [5.74, 6) is -1.14. The predicted molar refractivity (Wildman–Crippen MR) is 53.2 cm³/mol. The summed E-state index contributed by atoms with van der Waals surface area (Å²) < 4.78 is 37.0.